The second-order valence-corrected chi connectivity index (χ2v) is 8.11. The molecule has 0 bridgehead atoms. The van der Waals surface area contributed by atoms with E-state index >= 15 is 0 Å². The van der Waals surface area contributed by atoms with Crippen molar-refractivity contribution in [3.8, 4) is 5.75 Å². The summed E-state index contributed by atoms with van der Waals surface area (Å²) < 4.78 is 38.9. The number of carbonyl (C=O) groups excluding carboxylic acids is 1. The second kappa shape index (κ2) is 5.51. The number of Topliss-reactive ketones (excluding diaryl/α,β-unsaturated/α-hetero) is 1. The number of hydrogen-bond acceptors (Lipinski definition) is 3. The highest BCUT2D eigenvalue weighted by Gasteiger charge is 2.58. The summed E-state index contributed by atoms with van der Waals surface area (Å²) in [6.45, 7) is 1.76. The summed E-state index contributed by atoms with van der Waals surface area (Å²) in [5.41, 5.74) is 0.964. The van der Waals surface area contributed by atoms with Crippen molar-refractivity contribution in [2.45, 2.75) is 51.1 Å². The number of benzene rings is 1. The van der Waals surface area contributed by atoms with Crippen molar-refractivity contribution >= 4 is 5.78 Å². The summed E-state index contributed by atoms with van der Waals surface area (Å²) in [4.78, 5) is 12.8. The maximum atomic E-state index is 13.0. The first-order chi connectivity index (χ1) is 12.1. The van der Waals surface area contributed by atoms with Crippen LogP contribution in [0.5, 0.6) is 5.75 Å². The van der Waals surface area contributed by atoms with E-state index in [-0.39, 0.29) is 29.9 Å². The molecule has 0 saturated heterocycles. The molecule has 2 saturated carbocycles. The lowest BCUT2D eigenvalue weighted by atomic mass is 9.55. The van der Waals surface area contributed by atoms with Crippen molar-refractivity contribution in [1.29, 1.82) is 0 Å². The topological polar surface area (TPSA) is 57.5 Å². The molecule has 3 aliphatic carbocycles. The van der Waals surface area contributed by atoms with Crippen LogP contribution in [0.15, 0.2) is 29.5 Å². The van der Waals surface area contributed by atoms with Gasteiger partial charge in [0.25, 0.3) is 0 Å². The molecule has 2 fully saturated rings. The van der Waals surface area contributed by atoms with Crippen LogP contribution in [0, 0.1) is 17.3 Å². The Hall–Kier alpha value is -1.98. The molecule has 0 aliphatic heterocycles. The van der Waals surface area contributed by atoms with Gasteiger partial charge in [-0.25, -0.2) is 0 Å². The third-order valence-electron chi connectivity index (χ3n) is 6.87. The summed E-state index contributed by atoms with van der Waals surface area (Å²) >= 11 is 0. The lowest BCUT2D eigenvalue weighted by Gasteiger charge is -2.48. The number of hydrogen-bond donors (Lipinski definition) is 2. The number of halogens is 3. The van der Waals surface area contributed by atoms with E-state index in [1.807, 2.05) is 6.07 Å². The van der Waals surface area contributed by atoms with E-state index in [9.17, 15) is 28.2 Å². The Labute approximate surface area is 149 Å². The Morgan fingerprint density at radius 3 is 2.69 bits per heavy atom. The average molecular weight is 366 g/mol. The summed E-state index contributed by atoms with van der Waals surface area (Å²) in [5.74, 6) is -1.90. The molecule has 3 aliphatic rings. The number of ketones is 1. The number of alkyl halides is 3. The lowest BCUT2D eigenvalue weighted by Crippen LogP contribution is -2.42. The average Bonchev–Trinajstić information content (AvgIpc) is 2.84. The van der Waals surface area contributed by atoms with E-state index in [1.54, 1.807) is 19.1 Å². The van der Waals surface area contributed by atoms with Gasteiger partial charge in [0.2, 0.25) is 5.76 Å². The standard InChI is InChI=1S/C20H21F3O3/c1-19-7-6-13-12-5-3-11(24)8-10(12)2-4-14(13)16(19)9-15(17(19)25)18(26)20(21,22)23/h3,5,8,13-14,16,24,26H,2,4,6-7,9H2,1H3/t13?,14?,16?,19-/m0/s1. The molecule has 4 rings (SSSR count). The molecular formula is C20H21F3O3. The van der Waals surface area contributed by atoms with Crippen LogP contribution in [0.3, 0.4) is 0 Å². The molecule has 6 heteroatoms. The first kappa shape index (κ1) is 17.4. The van der Waals surface area contributed by atoms with Gasteiger partial charge in [0.1, 0.15) is 5.75 Å². The minimum atomic E-state index is -4.88. The highest BCUT2D eigenvalue weighted by Crippen LogP contribution is 2.61. The first-order valence-corrected chi connectivity index (χ1v) is 8.99. The van der Waals surface area contributed by atoms with Crippen molar-refractivity contribution < 1.29 is 28.2 Å². The number of phenols is 1. The molecule has 1 aromatic carbocycles. The molecule has 2 N–H and O–H groups in total. The van der Waals surface area contributed by atoms with E-state index in [2.05, 4.69) is 0 Å². The number of aliphatic hydroxyl groups is 1. The third-order valence-corrected chi connectivity index (χ3v) is 6.87. The number of allylic oxidation sites excluding steroid dienone is 2. The van der Waals surface area contributed by atoms with Gasteiger partial charge in [-0.2, -0.15) is 13.2 Å². The third kappa shape index (κ3) is 2.37. The summed E-state index contributed by atoms with van der Waals surface area (Å²) in [6.07, 6.45) is -2.10. The number of aromatic hydroxyl groups is 1. The van der Waals surface area contributed by atoms with Crippen LogP contribution in [0.25, 0.3) is 0 Å². The van der Waals surface area contributed by atoms with Gasteiger partial charge in [0, 0.05) is 11.0 Å². The highest BCUT2D eigenvalue weighted by atomic mass is 19.4. The monoisotopic (exact) mass is 366 g/mol. The molecule has 140 valence electrons. The number of aryl methyl sites for hydroxylation is 1. The van der Waals surface area contributed by atoms with Crippen LogP contribution in [0.2, 0.25) is 0 Å². The zero-order valence-electron chi connectivity index (χ0n) is 14.4. The van der Waals surface area contributed by atoms with Gasteiger partial charge in [-0.1, -0.05) is 13.0 Å². The minimum absolute atomic E-state index is 0.00470. The van der Waals surface area contributed by atoms with Crippen molar-refractivity contribution in [1.82, 2.24) is 0 Å². The molecule has 3 unspecified atom stereocenters. The van der Waals surface area contributed by atoms with E-state index < -0.39 is 28.7 Å². The molecule has 3 nitrogen and oxygen atoms in total. The number of rotatable bonds is 0. The van der Waals surface area contributed by atoms with Crippen molar-refractivity contribution in [3.05, 3.63) is 40.7 Å². The summed E-state index contributed by atoms with van der Waals surface area (Å²) in [6, 6.07) is 5.32. The fraction of sp³-hybridized carbons (Fsp3) is 0.550. The smallest absolute Gasteiger partial charge is 0.449 e. The molecular weight excluding hydrogens is 345 g/mol. The Morgan fingerprint density at radius 1 is 1.27 bits per heavy atom. The first-order valence-electron chi connectivity index (χ1n) is 8.99. The van der Waals surface area contributed by atoms with Crippen LogP contribution in [-0.4, -0.2) is 22.2 Å². The van der Waals surface area contributed by atoms with Crippen molar-refractivity contribution in [2.24, 2.45) is 17.3 Å². The van der Waals surface area contributed by atoms with Gasteiger partial charge in [0.05, 0.1) is 0 Å². The molecule has 0 spiro atoms. The van der Waals surface area contributed by atoms with Gasteiger partial charge in [-0.15, -0.1) is 0 Å². The van der Waals surface area contributed by atoms with E-state index in [0.717, 1.165) is 30.4 Å². The van der Waals surface area contributed by atoms with Crippen LogP contribution >= 0.6 is 0 Å². The number of aliphatic hydroxyl groups excluding tert-OH is 1. The van der Waals surface area contributed by atoms with Crippen molar-refractivity contribution in [2.75, 3.05) is 0 Å². The normalized spacial score (nSPS) is 35.5. The second-order valence-electron chi connectivity index (χ2n) is 8.11. The predicted octanol–water partition coefficient (Wildman–Crippen LogP) is 4.80. The predicted molar refractivity (Wildman–Crippen MR) is 88.8 cm³/mol. The van der Waals surface area contributed by atoms with E-state index in [4.69, 9.17) is 0 Å². The maximum Gasteiger partial charge on any atom is 0.449 e. The summed E-state index contributed by atoms with van der Waals surface area (Å²) in [7, 11) is 0. The zero-order valence-corrected chi connectivity index (χ0v) is 14.4. The van der Waals surface area contributed by atoms with Crippen LogP contribution in [0.4, 0.5) is 13.2 Å². The minimum Gasteiger partial charge on any atom is -0.508 e. The van der Waals surface area contributed by atoms with Crippen LogP contribution in [0.1, 0.15) is 49.7 Å². The fourth-order valence-corrected chi connectivity index (χ4v) is 5.58. The van der Waals surface area contributed by atoms with Gasteiger partial charge >= 0.3 is 6.18 Å². The van der Waals surface area contributed by atoms with E-state index in [1.165, 1.54) is 0 Å². The SMILES string of the molecule is C[C@]12CCC3c4ccc(O)cc4CCC3C1CC(=C(O)C(F)(F)F)C2=O. The summed E-state index contributed by atoms with van der Waals surface area (Å²) in [5, 5.41) is 19.3. The zero-order chi connectivity index (χ0) is 18.9. The largest absolute Gasteiger partial charge is 0.508 e. The van der Waals surface area contributed by atoms with Gasteiger partial charge in [-0.3, -0.25) is 4.79 Å². The Bertz CT molecular complexity index is 811. The van der Waals surface area contributed by atoms with Gasteiger partial charge in [0.15, 0.2) is 5.78 Å². The molecule has 0 radical (unpaired) electrons. The fourth-order valence-electron chi connectivity index (χ4n) is 5.58. The van der Waals surface area contributed by atoms with Crippen LogP contribution < -0.4 is 0 Å². The number of carbonyl (C=O) groups is 1. The molecule has 0 aromatic heterocycles. The number of phenolic OH excluding ortho intramolecular Hbond substituents is 1. The van der Waals surface area contributed by atoms with Crippen molar-refractivity contribution in [3.63, 3.8) is 0 Å². The number of fused-ring (bicyclic) bond motifs is 5. The highest BCUT2D eigenvalue weighted by molar-refractivity contribution is 6.03. The van der Waals surface area contributed by atoms with Gasteiger partial charge in [-0.05, 0) is 73.1 Å². The molecule has 26 heavy (non-hydrogen) atoms. The Morgan fingerprint density at radius 2 is 2.00 bits per heavy atom. The Kier molecular flexibility index (Phi) is 3.69. The van der Waals surface area contributed by atoms with E-state index in [0.29, 0.717) is 6.42 Å². The lowest BCUT2D eigenvalue weighted by molar-refractivity contribution is -0.131. The van der Waals surface area contributed by atoms with Crippen LogP contribution in [-0.2, 0) is 11.2 Å². The Balaban J connectivity index is 1.73. The quantitative estimate of drug-likeness (QED) is 0.512. The maximum absolute atomic E-state index is 13.0. The molecule has 1 aromatic rings. The molecule has 0 heterocycles. The molecule has 0 amide bonds. The van der Waals surface area contributed by atoms with Gasteiger partial charge < -0.3 is 10.2 Å². The molecule has 4 atom stereocenters.